The monoisotopic (exact) mass is 302 g/mol. The van der Waals surface area contributed by atoms with Crippen LogP contribution < -0.4 is 4.72 Å². The quantitative estimate of drug-likeness (QED) is 0.811. The van der Waals surface area contributed by atoms with Gasteiger partial charge < -0.3 is 14.4 Å². The van der Waals surface area contributed by atoms with E-state index in [0.717, 1.165) is 19.4 Å². The zero-order valence-corrected chi connectivity index (χ0v) is 12.5. The summed E-state index contributed by atoms with van der Waals surface area (Å²) in [6, 6.07) is 1.52. The number of nitrogens with zero attached hydrogens (tertiary/aromatic N) is 1. The first-order valence-electron chi connectivity index (χ1n) is 6.94. The van der Waals surface area contributed by atoms with E-state index >= 15 is 0 Å². The van der Waals surface area contributed by atoms with Crippen molar-refractivity contribution in [3.8, 4) is 0 Å². The summed E-state index contributed by atoms with van der Waals surface area (Å²) in [6.07, 6.45) is 3.53. The van der Waals surface area contributed by atoms with Crippen LogP contribution in [0.4, 0.5) is 0 Å². The zero-order valence-electron chi connectivity index (χ0n) is 11.7. The Hall–Kier alpha value is -0.890. The molecule has 0 bridgehead atoms. The van der Waals surface area contributed by atoms with E-state index < -0.39 is 10.0 Å². The van der Waals surface area contributed by atoms with Crippen LogP contribution in [-0.2, 0) is 27.9 Å². The van der Waals surface area contributed by atoms with Gasteiger partial charge in [0.1, 0.15) is 0 Å². The van der Waals surface area contributed by atoms with Crippen LogP contribution in [0.15, 0.2) is 17.2 Å². The Morgan fingerprint density at radius 3 is 2.90 bits per heavy atom. The number of aromatic nitrogens is 1. The Kier molecular flexibility index (Phi) is 5.20. The van der Waals surface area contributed by atoms with Crippen LogP contribution in [0.3, 0.4) is 0 Å². The molecular weight excluding hydrogens is 280 g/mol. The number of sulfonamides is 1. The maximum Gasteiger partial charge on any atom is 0.242 e. The Morgan fingerprint density at radius 2 is 2.35 bits per heavy atom. The molecule has 0 amide bonds. The number of ether oxygens (including phenoxy) is 1. The lowest BCUT2D eigenvalue weighted by Crippen LogP contribution is -2.33. The van der Waals surface area contributed by atoms with Crippen molar-refractivity contribution < 1.29 is 18.3 Å². The van der Waals surface area contributed by atoms with Gasteiger partial charge in [0.15, 0.2) is 0 Å². The minimum Gasteiger partial charge on any atom is -0.390 e. The maximum absolute atomic E-state index is 12.2. The third kappa shape index (κ3) is 3.60. The van der Waals surface area contributed by atoms with E-state index in [0.29, 0.717) is 25.4 Å². The molecular formula is C13H22N2O4S. The van der Waals surface area contributed by atoms with Crippen molar-refractivity contribution in [1.29, 1.82) is 0 Å². The Balaban J connectivity index is 2.03. The average Bonchev–Trinajstić information content (AvgIpc) is 2.90. The average molecular weight is 302 g/mol. The van der Waals surface area contributed by atoms with Crippen molar-refractivity contribution in [2.75, 3.05) is 19.8 Å². The Morgan fingerprint density at radius 1 is 1.55 bits per heavy atom. The lowest BCUT2D eigenvalue weighted by molar-refractivity contribution is 0.0568. The third-order valence-corrected chi connectivity index (χ3v) is 4.98. The lowest BCUT2D eigenvalue weighted by Gasteiger charge is -2.21. The van der Waals surface area contributed by atoms with Crippen LogP contribution in [0.25, 0.3) is 0 Å². The minimum absolute atomic E-state index is 0.167. The number of aliphatic hydroxyl groups excluding tert-OH is 1. The molecule has 1 aliphatic rings. The van der Waals surface area contributed by atoms with E-state index in [-0.39, 0.29) is 17.4 Å². The largest absolute Gasteiger partial charge is 0.390 e. The molecule has 1 aliphatic heterocycles. The molecule has 0 aromatic carbocycles. The first-order valence-corrected chi connectivity index (χ1v) is 8.42. The molecule has 0 saturated carbocycles. The Bertz CT molecular complexity index is 511. The van der Waals surface area contributed by atoms with E-state index in [9.17, 15) is 13.5 Å². The number of hydrogen-bond acceptors (Lipinski definition) is 4. The van der Waals surface area contributed by atoms with E-state index in [1.54, 1.807) is 10.8 Å². The molecule has 2 N–H and O–H groups in total. The fourth-order valence-corrected chi connectivity index (χ4v) is 3.56. The van der Waals surface area contributed by atoms with Crippen molar-refractivity contribution in [2.24, 2.45) is 5.92 Å². The lowest BCUT2D eigenvalue weighted by atomic mass is 10.0. The van der Waals surface area contributed by atoms with Crippen molar-refractivity contribution in [3.63, 3.8) is 0 Å². The Labute approximate surface area is 119 Å². The fraction of sp³-hybridized carbons (Fsp3) is 0.692. The molecule has 1 fully saturated rings. The number of aryl methyl sites for hydroxylation is 1. The molecule has 20 heavy (non-hydrogen) atoms. The van der Waals surface area contributed by atoms with Gasteiger partial charge in [-0.1, -0.05) is 0 Å². The normalized spacial score (nSPS) is 20.2. The predicted octanol–water partition coefficient (Wildman–Crippen LogP) is 0.705. The molecule has 2 rings (SSSR count). The molecule has 1 aromatic rings. The molecule has 114 valence electrons. The van der Waals surface area contributed by atoms with Gasteiger partial charge in [0.05, 0.1) is 18.1 Å². The van der Waals surface area contributed by atoms with Crippen LogP contribution >= 0.6 is 0 Å². The molecule has 0 spiro atoms. The van der Waals surface area contributed by atoms with Crippen LogP contribution in [0, 0.1) is 5.92 Å². The summed E-state index contributed by atoms with van der Waals surface area (Å²) in [6.45, 7) is 4.14. The molecule has 0 radical (unpaired) electrons. The summed E-state index contributed by atoms with van der Waals surface area (Å²) in [7, 11) is -3.52. The highest BCUT2D eigenvalue weighted by atomic mass is 32.2. The molecule has 1 atom stereocenters. The summed E-state index contributed by atoms with van der Waals surface area (Å²) in [4.78, 5) is 0.208. The summed E-state index contributed by atoms with van der Waals surface area (Å²) in [5.74, 6) is 0.240. The van der Waals surface area contributed by atoms with Gasteiger partial charge in [0, 0.05) is 31.6 Å². The third-order valence-electron chi connectivity index (χ3n) is 3.59. The number of aliphatic hydroxyl groups is 1. The molecule has 7 heteroatoms. The molecule has 0 aliphatic carbocycles. The zero-order chi connectivity index (χ0) is 14.6. The van der Waals surface area contributed by atoms with Gasteiger partial charge in [-0.15, -0.1) is 0 Å². The highest BCUT2D eigenvalue weighted by Crippen LogP contribution is 2.17. The standard InChI is InChI=1S/C13H22N2O4S/c1-2-15-8-13(6-12(15)9-16)20(17,18)14-7-11-4-3-5-19-10-11/h6,8,11,14,16H,2-5,7,9-10H2,1H3. The predicted molar refractivity (Wildman–Crippen MR) is 74.8 cm³/mol. The van der Waals surface area contributed by atoms with Gasteiger partial charge in [-0.2, -0.15) is 0 Å². The molecule has 1 aromatic heterocycles. The van der Waals surface area contributed by atoms with Gasteiger partial charge in [-0.05, 0) is 31.7 Å². The van der Waals surface area contributed by atoms with Gasteiger partial charge in [-0.25, -0.2) is 13.1 Å². The van der Waals surface area contributed by atoms with E-state index in [1.165, 1.54) is 6.07 Å². The molecule has 1 saturated heterocycles. The SMILES string of the molecule is CCn1cc(S(=O)(=O)NCC2CCCOC2)cc1CO. The second-order valence-electron chi connectivity index (χ2n) is 5.05. The highest BCUT2D eigenvalue weighted by molar-refractivity contribution is 7.89. The number of nitrogens with one attached hydrogen (secondary N) is 1. The van der Waals surface area contributed by atoms with E-state index in [1.807, 2.05) is 6.92 Å². The summed E-state index contributed by atoms with van der Waals surface area (Å²) in [5, 5.41) is 9.21. The maximum atomic E-state index is 12.2. The molecule has 6 nitrogen and oxygen atoms in total. The summed E-state index contributed by atoms with van der Waals surface area (Å²) in [5.41, 5.74) is 0.605. The first-order chi connectivity index (χ1) is 9.56. The summed E-state index contributed by atoms with van der Waals surface area (Å²) < 4.78 is 34.2. The number of rotatable bonds is 6. The van der Waals surface area contributed by atoms with E-state index in [2.05, 4.69) is 4.72 Å². The molecule has 2 heterocycles. The topological polar surface area (TPSA) is 80.6 Å². The van der Waals surface area contributed by atoms with Crippen LogP contribution in [0.5, 0.6) is 0 Å². The molecule has 1 unspecified atom stereocenters. The van der Waals surface area contributed by atoms with Crippen molar-refractivity contribution in [1.82, 2.24) is 9.29 Å². The second kappa shape index (κ2) is 6.71. The van der Waals surface area contributed by atoms with Crippen molar-refractivity contribution in [3.05, 3.63) is 18.0 Å². The minimum atomic E-state index is -3.52. The highest BCUT2D eigenvalue weighted by Gasteiger charge is 2.21. The van der Waals surface area contributed by atoms with Gasteiger partial charge in [-0.3, -0.25) is 0 Å². The van der Waals surface area contributed by atoms with Crippen LogP contribution in [0.2, 0.25) is 0 Å². The number of hydrogen-bond donors (Lipinski definition) is 2. The van der Waals surface area contributed by atoms with Gasteiger partial charge >= 0.3 is 0 Å². The fourth-order valence-electron chi connectivity index (χ4n) is 2.38. The van der Waals surface area contributed by atoms with Gasteiger partial charge in [0.25, 0.3) is 0 Å². The van der Waals surface area contributed by atoms with Crippen molar-refractivity contribution in [2.45, 2.75) is 37.8 Å². The van der Waals surface area contributed by atoms with E-state index in [4.69, 9.17) is 4.74 Å². The van der Waals surface area contributed by atoms with Gasteiger partial charge in [0.2, 0.25) is 10.0 Å². The smallest absolute Gasteiger partial charge is 0.242 e. The van der Waals surface area contributed by atoms with Crippen molar-refractivity contribution >= 4 is 10.0 Å². The second-order valence-corrected chi connectivity index (χ2v) is 6.81. The first kappa shape index (κ1) is 15.5. The summed E-state index contributed by atoms with van der Waals surface area (Å²) >= 11 is 0. The van der Waals surface area contributed by atoms with Crippen LogP contribution in [-0.4, -0.2) is 37.8 Å². The van der Waals surface area contributed by atoms with Crippen LogP contribution in [0.1, 0.15) is 25.5 Å².